The third-order valence-electron chi connectivity index (χ3n) is 2.21. The minimum Gasteiger partial charge on any atom is -0.493 e. The fourth-order valence-electron chi connectivity index (χ4n) is 1.24. The summed E-state index contributed by atoms with van der Waals surface area (Å²) in [6, 6.07) is 3.35. The largest absolute Gasteiger partial charge is 0.493 e. The Morgan fingerprint density at radius 1 is 1.19 bits per heavy atom. The van der Waals surface area contributed by atoms with E-state index >= 15 is 0 Å². The molecule has 0 atom stereocenters. The lowest BCUT2D eigenvalue weighted by Gasteiger charge is -2.12. The van der Waals surface area contributed by atoms with Gasteiger partial charge in [-0.1, -0.05) is 0 Å². The van der Waals surface area contributed by atoms with Crippen molar-refractivity contribution in [3.8, 4) is 5.75 Å². The summed E-state index contributed by atoms with van der Waals surface area (Å²) >= 11 is 0. The molecule has 0 heterocycles. The number of rotatable bonds is 3. The SMILES string of the molecule is Cc1cc(OCCC(F)(F)F)c(C)cc1N. The van der Waals surface area contributed by atoms with E-state index in [0.29, 0.717) is 11.4 Å². The van der Waals surface area contributed by atoms with Gasteiger partial charge in [0, 0.05) is 5.69 Å². The zero-order valence-electron chi connectivity index (χ0n) is 9.19. The van der Waals surface area contributed by atoms with Crippen LogP contribution in [0.2, 0.25) is 0 Å². The molecule has 0 unspecified atom stereocenters. The molecule has 1 aromatic carbocycles. The summed E-state index contributed by atoms with van der Waals surface area (Å²) in [6.45, 7) is 3.16. The molecule has 0 aliphatic rings. The Hall–Kier alpha value is -1.39. The highest BCUT2D eigenvalue weighted by Crippen LogP contribution is 2.25. The lowest BCUT2D eigenvalue weighted by Crippen LogP contribution is -2.13. The number of hydrogen-bond acceptors (Lipinski definition) is 2. The second-order valence-electron chi connectivity index (χ2n) is 3.69. The molecule has 90 valence electrons. The van der Waals surface area contributed by atoms with Gasteiger partial charge in [-0.15, -0.1) is 0 Å². The highest BCUT2D eigenvalue weighted by Gasteiger charge is 2.26. The van der Waals surface area contributed by atoms with E-state index in [1.54, 1.807) is 26.0 Å². The normalized spacial score (nSPS) is 11.6. The van der Waals surface area contributed by atoms with Crippen molar-refractivity contribution in [2.75, 3.05) is 12.3 Å². The number of alkyl halides is 3. The topological polar surface area (TPSA) is 35.2 Å². The van der Waals surface area contributed by atoms with Gasteiger partial charge in [0.05, 0.1) is 13.0 Å². The van der Waals surface area contributed by atoms with Gasteiger partial charge in [0.1, 0.15) is 5.75 Å². The van der Waals surface area contributed by atoms with Gasteiger partial charge < -0.3 is 10.5 Å². The zero-order chi connectivity index (χ0) is 12.3. The van der Waals surface area contributed by atoms with E-state index in [9.17, 15) is 13.2 Å². The molecule has 0 amide bonds. The molecule has 5 heteroatoms. The predicted molar refractivity (Wildman–Crippen MR) is 56.5 cm³/mol. The van der Waals surface area contributed by atoms with Crippen molar-refractivity contribution in [1.82, 2.24) is 0 Å². The summed E-state index contributed by atoms with van der Waals surface area (Å²) in [6.07, 6.45) is -5.13. The van der Waals surface area contributed by atoms with Gasteiger partial charge in [0.25, 0.3) is 0 Å². The zero-order valence-corrected chi connectivity index (χ0v) is 9.19. The number of hydrogen-bond donors (Lipinski definition) is 1. The van der Waals surface area contributed by atoms with Crippen molar-refractivity contribution < 1.29 is 17.9 Å². The first-order valence-corrected chi connectivity index (χ1v) is 4.86. The van der Waals surface area contributed by atoms with E-state index in [1.165, 1.54) is 0 Å². The van der Waals surface area contributed by atoms with E-state index in [0.717, 1.165) is 11.1 Å². The van der Waals surface area contributed by atoms with E-state index in [2.05, 4.69) is 0 Å². The Morgan fingerprint density at radius 3 is 2.38 bits per heavy atom. The second-order valence-corrected chi connectivity index (χ2v) is 3.69. The lowest BCUT2D eigenvalue weighted by molar-refractivity contribution is -0.139. The van der Waals surface area contributed by atoms with Crippen LogP contribution in [0.15, 0.2) is 12.1 Å². The van der Waals surface area contributed by atoms with Gasteiger partial charge >= 0.3 is 6.18 Å². The number of benzene rings is 1. The van der Waals surface area contributed by atoms with Crippen LogP contribution in [0.5, 0.6) is 5.75 Å². The van der Waals surface area contributed by atoms with Gasteiger partial charge in [0.2, 0.25) is 0 Å². The summed E-state index contributed by atoms with van der Waals surface area (Å²) in [7, 11) is 0. The van der Waals surface area contributed by atoms with Crippen LogP contribution in [0.1, 0.15) is 17.5 Å². The Balaban J connectivity index is 2.64. The molecule has 1 rings (SSSR count). The highest BCUT2D eigenvalue weighted by molar-refractivity contribution is 5.53. The smallest absolute Gasteiger partial charge is 0.392 e. The maximum absolute atomic E-state index is 11.9. The maximum Gasteiger partial charge on any atom is 0.392 e. The number of aryl methyl sites for hydroxylation is 2. The molecule has 0 aliphatic carbocycles. The minimum atomic E-state index is -4.18. The fourth-order valence-corrected chi connectivity index (χ4v) is 1.24. The van der Waals surface area contributed by atoms with Crippen molar-refractivity contribution >= 4 is 5.69 Å². The van der Waals surface area contributed by atoms with Crippen molar-refractivity contribution in [1.29, 1.82) is 0 Å². The van der Waals surface area contributed by atoms with Gasteiger partial charge in [-0.25, -0.2) is 0 Å². The molecular formula is C11H14F3NO. The van der Waals surface area contributed by atoms with E-state index in [-0.39, 0.29) is 6.61 Å². The van der Waals surface area contributed by atoms with E-state index < -0.39 is 12.6 Å². The monoisotopic (exact) mass is 233 g/mol. The maximum atomic E-state index is 11.9. The third kappa shape index (κ3) is 3.64. The van der Waals surface area contributed by atoms with Crippen molar-refractivity contribution in [3.63, 3.8) is 0 Å². The summed E-state index contributed by atoms with van der Waals surface area (Å²) < 4.78 is 40.8. The number of nitrogen functional groups attached to an aromatic ring is 1. The molecule has 0 radical (unpaired) electrons. The average molecular weight is 233 g/mol. The van der Waals surface area contributed by atoms with Crippen LogP contribution in [0, 0.1) is 13.8 Å². The Morgan fingerprint density at radius 2 is 1.81 bits per heavy atom. The molecule has 0 bridgehead atoms. The van der Waals surface area contributed by atoms with E-state index in [1.807, 2.05) is 0 Å². The number of anilines is 1. The quantitative estimate of drug-likeness (QED) is 0.813. The van der Waals surface area contributed by atoms with Crippen molar-refractivity contribution in [2.24, 2.45) is 0 Å². The lowest BCUT2D eigenvalue weighted by atomic mass is 10.1. The minimum absolute atomic E-state index is 0.367. The van der Waals surface area contributed by atoms with Gasteiger partial charge in [0.15, 0.2) is 0 Å². The van der Waals surface area contributed by atoms with Crippen molar-refractivity contribution in [2.45, 2.75) is 26.4 Å². The average Bonchev–Trinajstić information content (AvgIpc) is 2.11. The molecule has 0 saturated carbocycles. The van der Waals surface area contributed by atoms with E-state index in [4.69, 9.17) is 10.5 Å². The van der Waals surface area contributed by atoms with Crippen LogP contribution in [0.25, 0.3) is 0 Å². The highest BCUT2D eigenvalue weighted by atomic mass is 19.4. The molecule has 0 spiro atoms. The molecule has 2 nitrogen and oxygen atoms in total. The Labute approximate surface area is 92.2 Å². The predicted octanol–water partition coefficient (Wildman–Crippen LogP) is 3.22. The number of halogens is 3. The molecule has 16 heavy (non-hydrogen) atoms. The number of nitrogens with two attached hydrogens (primary N) is 1. The molecule has 2 N–H and O–H groups in total. The van der Waals surface area contributed by atoms with Crippen LogP contribution >= 0.6 is 0 Å². The molecule has 0 aliphatic heterocycles. The Bertz CT molecular complexity index is 374. The van der Waals surface area contributed by atoms with Crippen molar-refractivity contribution in [3.05, 3.63) is 23.3 Å². The molecular weight excluding hydrogens is 219 g/mol. The fraction of sp³-hybridized carbons (Fsp3) is 0.455. The number of ether oxygens (including phenoxy) is 1. The Kier molecular flexibility index (Phi) is 3.67. The first-order valence-electron chi connectivity index (χ1n) is 4.86. The molecule has 1 aromatic rings. The van der Waals surface area contributed by atoms with Gasteiger partial charge in [-0.3, -0.25) is 0 Å². The summed E-state index contributed by atoms with van der Waals surface area (Å²) in [4.78, 5) is 0. The summed E-state index contributed by atoms with van der Waals surface area (Å²) in [5, 5.41) is 0. The summed E-state index contributed by atoms with van der Waals surface area (Å²) in [5.41, 5.74) is 7.80. The van der Waals surface area contributed by atoms with Crippen LogP contribution in [0.4, 0.5) is 18.9 Å². The molecule has 0 fully saturated rings. The van der Waals surface area contributed by atoms with Crippen LogP contribution in [0.3, 0.4) is 0 Å². The van der Waals surface area contributed by atoms with Crippen LogP contribution < -0.4 is 10.5 Å². The molecule has 0 aromatic heterocycles. The first kappa shape index (κ1) is 12.7. The summed E-state index contributed by atoms with van der Waals surface area (Å²) in [5.74, 6) is 0.455. The van der Waals surface area contributed by atoms with Crippen LogP contribution in [-0.4, -0.2) is 12.8 Å². The van der Waals surface area contributed by atoms with Crippen LogP contribution in [-0.2, 0) is 0 Å². The second kappa shape index (κ2) is 4.63. The van der Waals surface area contributed by atoms with Gasteiger partial charge in [-0.2, -0.15) is 13.2 Å². The first-order chi connectivity index (χ1) is 7.29. The third-order valence-corrected chi connectivity index (χ3v) is 2.21. The standard InChI is InChI=1S/C11H14F3NO/c1-7-6-10(8(2)5-9(7)15)16-4-3-11(12,13)14/h5-6H,3-4,15H2,1-2H3. The molecule has 0 saturated heterocycles. The van der Waals surface area contributed by atoms with Gasteiger partial charge in [-0.05, 0) is 37.1 Å².